The summed E-state index contributed by atoms with van der Waals surface area (Å²) in [6.45, 7) is 11.2. The molecule has 2 aromatic heterocycles. The number of benzene rings is 2. The zero-order chi connectivity index (χ0) is 32.8. The van der Waals surface area contributed by atoms with E-state index in [4.69, 9.17) is 4.74 Å². The summed E-state index contributed by atoms with van der Waals surface area (Å²) in [4.78, 5) is 17.2. The van der Waals surface area contributed by atoms with Gasteiger partial charge in [0.2, 0.25) is 15.9 Å². The maximum Gasteiger partial charge on any atom is 0.310 e. The first-order valence-corrected chi connectivity index (χ1v) is 17.3. The van der Waals surface area contributed by atoms with Crippen molar-refractivity contribution in [2.24, 2.45) is 5.41 Å². The molecule has 3 heterocycles. The minimum Gasteiger partial charge on any atom is -0.481 e. The van der Waals surface area contributed by atoms with E-state index in [2.05, 4.69) is 20.6 Å². The fourth-order valence-electron chi connectivity index (χ4n) is 6.37. The van der Waals surface area contributed by atoms with Gasteiger partial charge in [0, 0.05) is 31.7 Å². The van der Waals surface area contributed by atoms with Gasteiger partial charge in [-0.05, 0) is 106 Å². The second-order valence-electron chi connectivity index (χ2n) is 13.2. The van der Waals surface area contributed by atoms with Crippen LogP contribution < -0.4 is 10.1 Å². The lowest BCUT2D eigenvalue weighted by Crippen LogP contribution is -2.34. The maximum absolute atomic E-state index is 14.2. The molecule has 2 aromatic carbocycles. The van der Waals surface area contributed by atoms with E-state index in [0.717, 1.165) is 57.3 Å². The average molecular weight is 647 g/mol. The highest BCUT2D eigenvalue weighted by Crippen LogP contribution is 2.45. The number of rotatable bonds is 7. The topological polar surface area (TPSA) is 140 Å². The van der Waals surface area contributed by atoms with Crippen molar-refractivity contribution in [1.82, 2.24) is 29.6 Å². The van der Waals surface area contributed by atoms with Crippen LogP contribution in [0.2, 0.25) is 0 Å². The van der Waals surface area contributed by atoms with E-state index in [0.29, 0.717) is 38.7 Å². The number of aryl methyl sites for hydroxylation is 3. The molecular weight excluding hydrogens is 604 g/mol. The summed E-state index contributed by atoms with van der Waals surface area (Å²) < 4.78 is 37.7. The van der Waals surface area contributed by atoms with Crippen molar-refractivity contribution < 1.29 is 23.1 Å². The van der Waals surface area contributed by atoms with Gasteiger partial charge in [0.1, 0.15) is 17.0 Å². The Hall–Kier alpha value is -3.87. The number of carboxylic acid groups (broad SMARTS) is 1. The molecule has 244 valence electrons. The highest BCUT2D eigenvalue weighted by molar-refractivity contribution is 7.89. The number of nitrogens with zero attached hydrogens (tertiary/aromatic N) is 5. The molecule has 6 rings (SSSR count). The lowest BCUT2D eigenvalue weighted by molar-refractivity contribution is -0.147. The van der Waals surface area contributed by atoms with Crippen molar-refractivity contribution in [1.29, 1.82) is 0 Å². The van der Waals surface area contributed by atoms with Gasteiger partial charge in [-0.15, -0.1) is 5.10 Å². The number of hydrogen-bond donors (Lipinski definition) is 2. The number of pyridine rings is 1. The number of hydrogen-bond acceptors (Lipinski definition) is 8. The lowest BCUT2D eigenvalue weighted by Gasteiger charge is -2.33. The Morgan fingerprint density at radius 2 is 1.91 bits per heavy atom. The molecule has 0 spiro atoms. The Bertz CT molecular complexity index is 1900. The van der Waals surface area contributed by atoms with Crippen molar-refractivity contribution in [3.05, 3.63) is 76.0 Å². The number of aliphatic carboxylic acids is 1. The number of aromatic nitrogens is 4. The third kappa shape index (κ3) is 6.01. The molecule has 12 heteroatoms. The first kappa shape index (κ1) is 32.1. The molecular formula is C34H42N6O5S. The van der Waals surface area contributed by atoms with Crippen LogP contribution in [-0.4, -0.2) is 70.0 Å². The molecule has 2 aliphatic rings. The molecule has 0 saturated heterocycles. The maximum atomic E-state index is 14.2. The van der Waals surface area contributed by atoms with Gasteiger partial charge in [0.05, 0.1) is 17.0 Å². The summed E-state index contributed by atoms with van der Waals surface area (Å²) in [5, 5.41) is 22.7. The smallest absolute Gasteiger partial charge is 0.310 e. The van der Waals surface area contributed by atoms with Gasteiger partial charge in [0.25, 0.3) is 0 Å². The largest absolute Gasteiger partial charge is 0.481 e. The van der Waals surface area contributed by atoms with Crippen LogP contribution in [0, 0.1) is 26.2 Å². The highest BCUT2D eigenvalue weighted by Gasteiger charge is 2.41. The molecule has 0 radical (unpaired) electrons. The van der Waals surface area contributed by atoms with Crippen LogP contribution in [0.25, 0.3) is 11.0 Å². The number of ether oxygens (including phenoxy) is 1. The normalized spacial score (nSPS) is 18.4. The van der Waals surface area contributed by atoms with E-state index in [9.17, 15) is 18.3 Å². The Kier molecular flexibility index (Phi) is 8.64. The quantitative estimate of drug-likeness (QED) is 0.287. The summed E-state index contributed by atoms with van der Waals surface area (Å²) in [6, 6.07) is 11.9. The SMILES string of the molecule is Cc1cnc2c(c1)S(=O)(=O)N(Cc1cc([C@@H](c3ccc4c(nnn4C4CC4)c3C)C(C)(C)C(=O)O)ccc1C)CCCNCCO2. The van der Waals surface area contributed by atoms with Gasteiger partial charge in [-0.1, -0.05) is 29.5 Å². The summed E-state index contributed by atoms with van der Waals surface area (Å²) in [6.07, 6.45) is 4.38. The van der Waals surface area contributed by atoms with Crippen molar-refractivity contribution in [3.8, 4) is 5.88 Å². The molecule has 0 unspecified atom stereocenters. The molecule has 2 N–H and O–H groups in total. The van der Waals surface area contributed by atoms with Gasteiger partial charge in [-0.3, -0.25) is 4.79 Å². The van der Waals surface area contributed by atoms with E-state index >= 15 is 0 Å². The van der Waals surface area contributed by atoms with Crippen LogP contribution in [0.4, 0.5) is 0 Å². The third-order valence-corrected chi connectivity index (χ3v) is 11.2. The molecule has 46 heavy (non-hydrogen) atoms. The Balaban J connectivity index is 1.43. The molecule has 0 amide bonds. The lowest BCUT2D eigenvalue weighted by atomic mass is 9.69. The van der Waals surface area contributed by atoms with Crippen molar-refractivity contribution in [2.75, 3.05) is 26.2 Å². The van der Waals surface area contributed by atoms with Crippen LogP contribution in [0.15, 0.2) is 47.5 Å². The molecule has 1 atom stereocenters. The summed E-state index contributed by atoms with van der Waals surface area (Å²) in [5.41, 5.74) is 5.52. The second kappa shape index (κ2) is 12.4. The van der Waals surface area contributed by atoms with Crippen LogP contribution in [-0.2, 0) is 21.4 Å². The molecule has 4 aromatic rings. The number of nitrogens with one attached hydrogen (secondary N) is 1. The van der Waals surface area contributed by atoms with E-state index in [-0.39, 0.29) is 17.3 Å². The van der Waals surface area contributed by atoms with Gasteiger partial charge in [-0.2, -0.15) is 4.31 Å². The van der Waals surface area contributed by atoms with E-state index in [1.54, 1.807) is 26.1 Å². The average Bonchev–Trinajstić information content (AvgIpc) is 3.76. The minimum atomic E-state index is -3.99. The fourth-order valence-corrected chi connectivity index (χ4v) is 7.99. The predicted octanol–water partition coefficient (Wildman–Crippen LogP) is 4.89. The molecule has 11 nitrogen and oxygen atoms in total. The Labute approximate surface area is 270 Å². The number of carbonyl (C=O) groups is 1. The van der Waals surface area contributed by atoms with Crippen LogP contribution in [0.1, 0.15) is 78.5 Å². The first-order chi connectivity index (χ1) is 21.9. The van der Waals surface area contributed by atoms with Crippen LogP contribution in [0.3, 0.4) is 0 Å². The molecule has 1 saturated carbocycles. The van der Waals surface area contributed by atoms with Crippen LogP contribution in [0.5, 0.6) is 5.88 Å². The van der Waals surface area contributed by atoms with Gasteiger partial charge < -0.3 is 15.2 Å². The van der Waals surface area contributed by atoms with E-state index < -0.39 is 27.3 Å². The first-order valence-electron chi connectivity index (χ1n) is 15.9. The Morgan fingerprint density at radius 1 is 1.13 bits per heavy atom. The zero-order valence-electron chi connectivity index (χ0n) is 27.1. The van der Waals surface area contributed by atoms with E-state index in [1.807, 2.05) is 55.8 Å². The molecule has 0 bridgehead atoms. The van der Waals surface area contributed by atoms with Gasteiger partial charge in [-0.25, -0.2) is 18.1 Å². The second-order valence-corrected chi connectivity index (χ2v) is 15.1. The fraction of sp³-hybridized carbons (Fsp3) is 0.471. The summed E-state index contributed by atoms with van der Waals surface area (Å²) in [7, 11) is -3.99. The van der Waals surface area contributed by atoms with Crippen molar-refractivity contribution in [3.63, 3.8) is 0 Å². The number of sulfonamides is 1. The predicted molar refractivity (Wildman–Crippen MR) is 175 cm³/mol. The minimum absolute atomic E-state index is 0.0521. The van der Waals surface area contributed by atoms with Gasteiger partial charge in [0.15, 0.2) is 0 Å². The van der Waals surface area contributed by atoms with Crippen molar-refractivity contribution >= 4 is 27.0 Å². The zero-order valence-corrected chi connectivity index (χ0v) is 27.9. The monoisotopic (exact) mass is 646 g/mol. The number of fused-ring (bicyclic) bond motifs is 2. The van der Waals surface area contributed by atoms with Gasteiger partial charge >= 0.3 is 5.97 Å². The number of carboxylic acids is 1. The molecule has 1 aliphatic carbocycles. The van der Waals surface area contributed by atoms with E-state index in [1.165, 1.54) is 4.31 Å². The summed E-state index contributed by atoms with van der Waals surface area (Å²) >= 11 is 0. The molecule has 1 fully saturated rings. The summed E-state index contributed by atoms with van der Waals surface area (Å²) in [5.74, 6) is -1.37. The standard InChI is InChI=1S/C34H42N6O5S/c1-21-17-29-32(36-19-21)45-16-14-35-13-6-15-39(46(29,43)44)20-25-18-24(8-7-22(25)2)30(34(4,5)33(41)42)27-11-12-28-31(23(27)3)37-38-40(28)26-9-10-26/h7-8,11-12,17-19,26,30,35H,6,9-10,13-16,20H2,1-5H3,(H,41,42)/t30-/m0/s1. The highest BCUT2D eigenvalue weighted by atomic mass is 32.2. The Morgan fingerprint density at radius 3 is 2.65 bits per heavy atom. The third-order valence-electron chi connectivity index (χ3n) is 9.32. The van der Waals surface area contributed by atoms with Crippen molar-refractivity contribution in [2.45, 2.75) is 77.3 Å². The molecule has 1 aliphatic heterocycles. The van der Waals surface area contributed by atoms with Crippen LogP contribution >= 0.6 is 0 Å².